The van der Waals surface area contributed by atoms with Gasteiger partial charge in [-0.25, -0.2) is 0 Å². The Morgan fingerprint density at radius 3 is 2.44 bits per heavy atom. The Hall–Kier alpha value is -0.860. The average molecular weight is 251 g/mol. The first-order valence-corrected chi connectivity index (χ1v) is 7.31. The van der Waals surface area contributed by atoms with E-state index in [-0.39, 0.29) is 11.8 Å². The molecule has 0 heterocycles. The average Bonchev–Trinajstić information content (AvgIpc) is 2.75. The lowest BCUT2D eigenvalue weighted by molar-refractivity contribution is -0.313. The van der Waals surface area contributed by atoms with Gasteiger partial charge in [-0.2, -0.15) is 0 Å². The van der Waals surface area contributed by atoms with Crippen molar-refractivity contribution in [2.45, 2.75) is 58.3 Å². The molecule has 3 heteroatoms. The van der Waals surface area contributed by atoms with Crippen LogP contribution in [0.3, 0.4) is 0 Å². The molecule has 2 fully saturated rings. The van der Waals surface area contributed by atoms with Gasteiger partial charge < -0.3 is 9.90 Å². The first kappa shape index (κ1) is 13.6. The topological polar surface area (TPSA) is 57.2 Å². The summed E-state index contributed by atoms with van der Waals surface area (Å²) in [5.74, 6) is 0.460. The molecule has 0 radical (unpaired) electrons. The van der Waals surface area contributed by atoms with Crippen LogP contribution in [0.1, 0.15) is 58.3 Å². The fourth-order valence-electron chi connectivity index (χ4n) is 3.66. The molecule has 2 unspecified atom stereocenters. The molecule has 0 aliphatic heterocycles. The Labute approximate surface area is 109 Å². The number of rotatable bonds is 4. The zero-order valence-corrected chi connectivity index (χ0v) is 11.2. The van der Waals surface area contributed by atoms with Gasteiger partial charge >= 0.3 is 0 Å². The SMILES string of the molecule is CC(C(=O)[O-])C1CCC(CC2CCCC2=O)CC1. The van der Waals surface area contributed by atoms with Crippen molar-refractivity contribution in [3.63, 3.8) is 0 Å². The van der Waals surface area contributed by atoms with Crippen molar-refractivity contribution < 1.29 is 14.7 Å². The summed E-state index contributed by atoms with van der Waals surface area (Å²) in [5.41, 5.74) is 0. The highest BCUT2D eigenvalue weighted by Crippen LogP contribution is 2.38. The third-order valence-electron chi connectivity index (χ3n) is 5.02. The summed E-state index contributed by atoms with van der Waals surface area (Å²) in [5, 5.41) is 10.8. The Morgan fingerprint density at radius 2 is 1.94 bits per heavy atom. The van der Waals surface area contributed by atoms with E-state index in [0.29, 0.717) is 17.6 Å². The fourth-order valence-corrected chi connectivity index (χ4v) is 3.66. The minimum Gasteiger partial charge on any atom is -0.550 e. The Balaban J connectivity index is 1.76. The highest BCUT2D eigenvalue weighted by atomic mass is 16.4. The van der Waals surface area contributed by atoms with Gasteiger partial charge in [0.2, 0.25) is 0 Å². The number of Topliss-reactive ketones (excluding diaryl/α,β-unsaturated/α-hetero) is 1. The van der Waals surface area contributed by atoms with Crippen molar-refractivity contribution in [2.75, 3.05) is 0 Å². The molecule has 2 aliphatic carbocycles. The summed E-state index contributed by atoms with van der Waals surface area (Å²) < 4.78 is 0. The first-order chi connectivity index (χ1) is 8.58. The van der Waals surface area contributed by atoms with E-state index in [1.165, 1.54) is 0 Å². The van der Waals surface area contributed by atoms with Crippen molar-refractivity contribution in [1.82, 2.24) is 0 Å². The maximum Gasteiger partial charge on any atom is 0.135 e. The van der Waals surface area contributed by atoms with Gasteiger partial charge in [0.15, 0.2) is 0 Å². The molecule has 0 amide bonds. The standard InChI is InChI=1S/C15H24O3/c1-10(15(17)18)12-7-5-11(6-8-12)9-13-3-2-4-14(13)16/h10-13H,2-9H2,1H3,(H,17,18)/p-1. The van der Waals surface area contributed by atoms with Crippen LogP contribution in [0.5, 0.6) is 0 Å². The molecule has 102 valence electrons. The van der Waals surface area contributed by atoms with Crippen molar-refractivity contribution in [1.29, 1.82) is 0 Å². The molecule has 2 saturated carbocycles. The summed E-state index contributed by atoms with van der Waals surface area (Å²) in [7, 11) is 0. The summed E-state index contributed by atoms with van der Waals surface area (Å²) >= 11 is 0. The second-order valence-corrected chi connectivity index (χ2v) is 6.18. The molecule has 2 atom stereocenters. The maximum atomic E-state index is 11.6. The summed E-state index contributed by atoms with van der Waals surface area (Å²) in [6, 6.07) is 0. The number of carbonyl (C=O) groups excluding carboxylic acids is 2. The van der Waals surface area contributed by atoms with Gasteiger partial charge in [-0.15, -0.1) is 0 Å². The fraction of sp³-hybridized carbons (Fsp3) is 0.867. The molecule has 0 saturated heterocycles. The molecule has 2 aliphatic rings. The number of ketones is 1. The minimum atomic E-state index is -0.913. The predicted molar refractivity (Wildman–Crippen MR) is 66.6 cm³/mol. The second-order valence-electron chi connectivity index (χ2n) is 6.18. The highest BCUT2D eigenvalue weighted by Gasteiger charge is 2.31. The van der Waals surface area contributed by atoms with E-state index in [4.69, 9.17) is 0 Å². The first-order valence-electron chi connectivity index (χ1n) is 7.31. The van der Waals surface area contributed by atoms with Gasteiger partial charge in [-0.3, -0.25) is 4.79 Å². The molecule has 3 nitrogen and oxygen atoms in total. The maximum absolute atomic E-state index is 11.6. The molecule has 0 aromatic rings. The number of carbonyl (C=O) groups is 2. The lowest BCUT2D eigenvalue weighted by atomic mass is 9.73. The van der Waals surface area contributed by atoms with Crippen LogP contribution in [0.4, 0.5) is 0 Å². The summed E-state index contributed by atoms with van der Waals surface area (Å²) in [4.78, 5) is 22.5. The molecule has 0 bridgehead atoms. The number of aliphatic carboxylic acids is 1. The Bertz CT molecular complexity index is 316. The lowest BCUT2D eigenvalue weighted by Gasteiger charge is -2.33. The van der Waals surface area contributed by atoms with Crippen LogP contribution < -0.4 is 5.11 Å². The quantitative estimate of drug-likeness (QED) is 0.767. The number of hydrogen-bond donors (Lipinski definition) is 0. The van der Waals surface area contributed by atoms with Gasteiger partial charge in [0.05, 0.1) is 0 Å². The van der Waals surface area contributed by atoms with E-state index >= 15 is 0 Å². The van der Waals surface area contributed by atoms with E-state index in [1.807, 2.05) is 0 Å². The second kappa shape index (κ2) is 5.85. The molecule has 0 aromatic carbocycles. The highest BCUT2D eigenvalue weighted by molar-refractivity contribution is 5.82. The normalized spacial score (nSPS) is 34.5. The molecule has 0 spiro atoms. The summed E-state index contributed by atoms with van der Waals surface area (Å²) in [6.07, 6.45) is 8.13. The lowest BCUT2D eigenvalue weighted by Crippen LogP contribution is -2.35. The van der Waals surface area contributed by atoms with Crippen LogP contribution >= 0.6 is 0 Å². The van der Waals surface area contributed by atoms with Crippen molar-refractivity contribution in [3.05, 3.63) is 0 Å². The minimum absolute atomic E-state index is 0.283. The molecule has 0 N–H and O–H groups in total. The van der Waals surface area contributed by atoms with Crippen molar-refractivity contribution in [2.24, 2.45) is 23.7 Å². The third-order valence-corrected chi connectivity index (χ3v) is 5.02. The van der Waals surface area contributed by atoms with Gasteiger partial charge in [-0.05, 0) is 49.9 Å². The third kappa shape index (κ3) is 3.12. The predicted octanol–water partition coefficient (Wildman–Crippen LogP) is 1.94. The zero-order chi connectivity index (χ0) is 13.1. The van der Waals surface area contributed by atoms with Crippen LogP contribution in [0.2, 0.25) is 0 Å². The van der Waals surface area contributed by atoms with Crippen LogP contribution in [0.25, 0.3) is 0 Å². The molecule has 2 rings (SSSR count). The van der Waals surface area contributed by atoms with Gasteiger partial charge in [0, 0.05) is 18.3 Å². The smallest absolute Gasteiger partial charge is 0.135 e. The van der Waals surface area contributed by atoms with Crippen LogP contribution in [-0.2, 0) is 9.59 Å². The van der Waals surface area contributed by atoms with Crippen molar-refractivity contribution in [3.8, 4) is 0 Å². The molecular formula is C15H23O3-. The van der Waals surface area contributed by atoms with Crippen LogP contribution in [0.15, 0.2) is 0 Å². The van der Waals surface area contributed by atoms with E-state index in [9.17, 15) is 14.7 Å². The zero-order valence-electron chi connectivity index (χ0n) is 11.2. The van der Waals surface area contributed by atoms with Gasteiger partial charge in [-0.1, -0.05) is 19.8 Å². The molecule has 0 aromatic heterocycles. The molecular weight excluding hydrogens is 228 g/mol. The Kier molecular flexibility index (Phi) is 4.41. The monoisotopic (exact) mass is 251 g/mol. The van der Waals surface area contributed by atoms with Gasteiger partial charge in [0.25, 0.3) is 0 Å². The largest absolute Gasteiger partial charge is 0.550 e. The van der Waals surface area contributed by atoms with Crippen LogP contribution in [0, 0.1) is 23.7 Å². The van der Waals surface area contributed by atoms with Gasteiger partial charge in [0.1, 0.15) is 5.78 Å². The number of hydrogen-bond acceptors (Lipinski definition) is 3. The van der Waals surface area contributed by atoms with E-state index in [2.05, 4.69) is 0 Å². The van der Waals surface area contributed by atoms with Crippen LogP contribution in [-0.4, -0.2) is 11.8 Å². The molecule has 18 heavy (non-hydrogen) atoms. The Morgan fingerprint density at radius 1 is 1.28 bits per heavy atom. The number of carboxylic acid groups (broad SMARTS) is 1. The number of carboxylic acids is 1. The van der Waals surface area contributed by atoms with E-state index in [1.54, 1.807) is 6.92 Å². The van der Waals surface area contributed by atoms with E-state index in [0.717, 1.165) is 51.4 Å². The summed E-state index contributed by atoms with van der Waals surface area (Å²) in [6.45, 7) is 1.76. The van der Waals surface area contributed by atoms with E-state index < -0.39 is 5.97 Å². The van der Waals surface area contributed by atoms with Crippen molar-refractivity contribution >= 4 is 11.8 Å².